The number of carbonyl (C=O) groups excluding carboxylic acids is 3. The van der Waals surface area contributed by atoms with Crippen LogP contribution >= 0.6 is 0 Å². The number of aliphatic carboxylic acids is 1. The van der Waals surface area contributed by atoms with Crippen LogP contribution in [0, 0.1) is 11.7 Å². The van der Waals surface area contributed by atoms with Gasteiger partial charge in [-0.05, 0) is 67.9 Å². The fourth-order valence-electron chi connectivity index (χ4n) is 5.72. The van der Waals surface area contributed by atoms with Crippen molar-refractivity contribution in [3.63, 3.8) is 0 Å². The van der Waals surface area contributed by atoms with Gasteiger partial charge in [-0.1, -0.05) is 51.0 Å². The number of benzene rings is 2. The second-order valence-electron chi connectivity index (χ2n) is 10.3. The fraction of sp³-hybridized carbons (Fsp3) is 0.467. The Kier molecular flexibility index (Phi) is 10.9. The van der Waals surface area contributed by atoms with E-state index in [4.69, 9.17) is 4.99 Å². The second kappa shape index (κ2) is 13.7. The molecule has 9 heteroatoms. The predicted octanol–water partition coefficient (Wildman–Crippen LogP) is 1.17. The normalized spacial score (nSPS) is 21.3. The van der Waals surface area contributed by atoms with Crippen molar-refractivity contribution in [2.24, 2.45) is 10.9 Å². The summed E-state index contributed by atoms with van der Waals surface area (Å²) >= 11 is 0. The Bertz CT molecular complexity index is 1210. The van der Waals surface area contributed by atoms with E-state index in [9.17, 15) is 23.9 Å². The zero-order valence-electron chi connectivity index (χ0n) is 23.0. The van der Waals surface area contributed by atoms with Crippen LogP contribution in [0.5, 0.6) is 0 Å². The molecule has 0 aromatic heterocycles. The summed E-state index contributed by atoms with van der Waals surface area (Å²) < 4.78 is 14.1. The van der Waals surface area contributed by atoms with E-state index in [1.807, 2.05) is 17.0 Å². The molecule has 2 aromatic carbocycles. The number of hydrogen-bond donors (Lipinski definition) is 1. The van der Waals surface area contributed by atoms with E-state index in [1.54, 1.807) is 24.3 Å². The van der Waals surface area contributed by atoms with Crippen molar-refractivity contribution < 1.29 is 53.4 Å². The molecule has 202 valence electrons. The summed E-state index contributed by atoms with van der Waals surface area (Å²) in [6.45, 7) is 4.25. The Morgan fingerprint density at radius 2 is 1.85 bits per heavy atom. The van der Waals surface area contributed by atoms with Crippen molar-refractivity contribution in [2.75, 3.05) is 6.54 Å². The summed E-state index contributed by atoms with van der Waals surface area (Å²) in [6, 6.07) is 12.9. The van der Waals surface area contributed by atoms with Gasteiger partial charge in [0.25, 0.3) is 11.8 Å². The molecule has 0 unspecified atom stereocenters. The molecular weight excluding hydrogens is 508 g/mol. The van der Waals surface area contributed by atoms with E-state index in [-0.39, 0.29) is 60.4 Å². The van der Waals surface area contributed by atoms with Crippen LogP contribution in [0.2, 0.25) is 0 Å². The van der Waals surface area contributed by atoms with E-state index in [2.05, 4.69) is 19.2 Å². The van der Waals surface area contributed by atoms with Gasteiger partial charge < -0.3 is 20.1 Å². The number of amides is 2. The zero-order valence-corrected chi connectivity index (χ0v) is 25.0. The molecule has 1 aliphatic heterocycles. The topological polar surface area (TPSA) is 102 Å². The van der Waals surface area contributed by atoms with Crippen molar-refractivity contribution in [1.82, 2.24) is 10.2 Å². The Balaban J connectivity index is 0.00000420. The number of rotatable bonds is 10. The van der Waals surface area contributed by atoms with Gasteiger partial charge in [0.1, 0.15) is 17.2 Å². The van der Waals surface area contributed by atoms with Gasteiger partial charge in [0.05, 0.1) is 6.04 Å². The minimum absolute atomic E-state index is 0. The fourth-order valence-corrected chi connectivity index (χ4v) is 5.72. The van der Waals surface area contributed by atoms with E-state index in [0.29, 0.717) is 29.2 Å². The molecule has 2 aliphatic rings. The smallest absolute Gasteiger partial charge is 0.550 e. The summed E-state index contributed by atoms with van der Waals surface area (Å²) in [4.78, 5) is 44.1. The van der Waals surface area contributed by atoms with E-state index in [1.165, 1.54) is 12.1 Å². The quantitative estimate of drug-likeness (QED) is 0.455. The number of carboxylic acid groups (broad SMARTS) is 1. The molecule has 4 rings (SSSR count). The van der Waals surface area contributed by atoms with Gasteiger partial charge in [-0.15, -0.1) is 0 Å². The average Bonchev–Trinajstić information content (AvgIpc) is 3.18. The van der Waals surface area contributed by atoms with Gasteiger partial charge >= 0.3 is 29.6 Å². The maximum atomic E-state index is 14.1. The Morgan fingerprint density at radius 3 is 2.44 bits per heavy atom. The van der Waals surface area contributed by atoms with Gasteiger partial charge in [-0.2, -0.15) is 0 Å². The molecule has 1 heterocycles. The zero-order chi connectivity index (χ0) is 27.3. The molecule has 2 aromatic rings. The van der Waals surface area contributed by atoms with Crippen LogP contribution in [0.15, 0.2) is 53.5 Å². The number of carbonyl (C=O) groups is 3. The third kappa shape index (κ3) is 6.97. The molecule has 1 fully saturated rings. The number of carboxylic acids is 1. The molecule has 1 aliphatic carbocycles. The van der Waals surface area contributed by atoms with Crippen LogP contribution in [-0.2, 0) is 9.59 Å². The summed E-state index contributed by atoms with van der Waals surface area (Å²) in [5.41, 5.74) is 1.44. The summed E-state index contributed by atoms with van der Waals surface area (Å²) in [5.74, 6) is -1.58. The molecule has 7 nitrogen and oxygen atoms in total. The van der Waals surface area contributed by atoms with Crippen molar-refractivity contribution >= 4 is 23.5 Å². The van der Waals surface area contributed by atoms with Gasteiger partial charge in [-0.3, -0.25) is 14.6 Å². The first-order chi connectivity index (χ1) is 18.3. The first kappa shape index (κ1) is 31.0. The molecule has 1 atom stereocenters. The summed E-state index contributed by atoms with van der Waals surface area (Å²) in [6.07, 6.45) is 5.86. The molecule has 1 N–H and O–H groups in total. The van der Waals surface area contributed by atoms with E-state index >= 15 is 0 Å². The monoisotopic (exact) mass is 543 g/mol. The number of hydrogen-bond acceptors (Lipinski definition) is 5. The summed E-state index contributed by atoms with van der Waals surface area (Å²) in [5, 5.41) is 13.2. The van der Waals surface area contributed by atoms with Gasteiger partial charge in [0, 0.05) is 30.1 Å². The first-order valence-corrected chi connectivity index (χ1v) is 13.6. The van der Waals surface area contributed by atoms with Crippen LogP contribution < -0.4 is 40.0 Å². The molecule has 0 saturated heterocycles. The van der Waals surface area contributed by atoms with Crippen LogP contribution in [-0.4, -0.2) is 40.6 Å². The van der Waals surface area contributed by atoms with Crippen molar-refractivity contribution in [1.29, 1.82) is 0 Å². The molecule has 1 spiro atoms. The van der Waals surface area contributed by atoms with Crippen LogP contribution in [0.1, 0.15) is 92.7 Å². The number of nitrogens with one attached hydrogen (secondary N) is 1. The third-order valence-corrected chi connectivity index (χ3v) is 7.82. The van der Waals surface area contributed by atoms with Gasteiger partial charge in [0.15, 0.2) is 0 Å². The largest absolute Gasteiger partial charge is 1.00 e. The SMILES string of the molecule is CCC[C@H](c1ccc(C(=O)NCCC(=O)[O-])cc1)N1C(=O)C(c2cccc(F)c2)=NC12CCC(CC)CC2.[Na+]. The van der Waals surface area contributed by atoms with Gasteiger partial charge in [-0.25, -0.2) is 4.39 Å². The minimum atomic E-state index is -1.22. The van der Waals surface area contributed by atoms with E-state index in [0.717, 1.165) is 44.1 Å². The molecule has 2 amide bonds. The standard InChI is InChI=1S/C30H36FN3O4.Na/c1-3-6-25(21-9-11-22(12-10-21)28(37)32-18-15-26(35)36)34-29(38)27(23-7-5-8-24(31)19-23)33-30(34)16-13-20(4-2)14-17-30;/h5,7-12,19-20,25H,3-4,6,13-18H2,1-2H3,(H,32,37)(H,35,36);/q;+1/p-1/t20?,25-,30?;/m1./s1. The van der Waals surface area contributed by atoms with Crippen molar-refractivity contribution in [3.8, 4) is 0 Å². The molecular formula is C30H35FN3NaO4. The number of aliphatic imine (C=N–C) groups is 1. The molecule has 39 heavy (non-hydrogen) atoms. The van der Waals surface area contributed by atoms with Crippen LogP contribution in [0.3, 0.4) is 0 Å². The van der Waals surface area contributed by atoms with Gasteiger partial charge in [0.2, 0.25) is 0 Å². The maximum Gasteiger partial charge on any atom is 1.00 e. The molecule has 0 radical (unpaired) electrons. The van der Waals surface area contributed by atoms with Crippen molar-refractivity contribution in [3.05, 3.63) is 71.0 Å². The minimum Gasteiger partial charge on any atom is -0.550 e. The van der Waals surface area contributed by atoms with E-state index < -0.39 is 17.4 Å². The molecule has 0 bridgehead atoms. The first-order valence-electron chi connectivity index (χ1n) is 13.6. The number of halogens is 1. The second-order valence-corrected chi connectivity index (χ2v) is 10.3. The predicted molar refractivity (Wildman–Crippen MR) is 141 cm³/mol. The Hall–Kier alpha value is -2.55. The average molecular weight is 544 g/mol. The molecule has 1 saturated carbocycles. The maximum absolute atomic E-state index is 14.1. The third-order valence-electron chi connectivity index (χ3n) is 7.82. The van der Waals surface area contributed by atoms with Crippen LogP contribution in [0.4, 0.5) is 4.39 Å². The Morgan fingerprint density at radius 1 is 1.15 bits per heavy atom. The van der Waals surface area contributed by atoms with Crippen LogP contribution in [0.25, 0.3) is 0 Å². The number of nitrogens with zero attached hydrogens (tertiary/aromatic N) is 2. The summed E-state index contributed by atoms with van der Waals surface area (Å²) in [7, 11) is 0. The Labute approximate surface area is 251 Å². The van der Waals surface area contributed by atoms with Crippen molar-refractivity contribution in [2.45, 2.75) is 76.9 Å².